The number of β-amino-alcohol motifs (C(OH)–C–C–N with tert-alkyl or cyclic N) is 1. The number of hydrogen-bond acceptors (Lipinski definition) is 5. The maximum Gasteiger partial charge on any atom is 0.573 e. The van der Waals surface area contributed by atoms with Crippen LogP contribution in [0.25, 0.3) is 0 Å². The number of rotatable bonds is 7. The van der Waals surface area contributed by atoms with Crippen LogP contribution in [0, 0.1) is 17.8 Å². The van der Waals surface area contributed by atoms with Gasteiger partial charge in [0.05, 0.1) is 5.60 Å². The van der Waals surface area contributed by atoms with Gasteiger partial charge in [-0.25, -0.2) is 0 Å². The van der Waals surface area contributed by atoms with E-state index in [2.05, 4.69) is 15.0 Å². The Hall–Kier alpha value is -1.35. The van der Waals surface area contributed by atoms with E-state index >= 15 is 0 Å². The van der Waals surface area contributed by atoms with Crippen LogP contribution in [0.4, 0.5) is 13.2 Å². The van der Waals surface area contributed by atoms with E-state index in [1.807, 2.05) is 0 Å². The highest BCUT2D eigenvalue weighted by atomic mass is 19.4. The molecule has 2 N–H and O–H groups in total. The average Bonchev–Trinajstić information content (AvgIpc) is 3.06. The van der Waals surface area contributed by atoms with Crippen molar-refractivity contribution in [2.45, 2.75) is 31.3 Å². The van der Waals surface area contributed by atoms with Gasteiger partial charge in [-0.2, -0.15) is 0 Å². The van der Waals surface area contributed by atoms with Crippen molar-refractivity contribution >= 4 is 0 Å². The van der Waals surface area contributed by atoms with Gasteiger partial charge >= 0.3 is 6.36 Å². The molecule has 1 aromatic carbocycles. The Bertz CT molecular complexity index is 667. The number of ether oxygens (including phenoxy) is 2. The third kappa shape index (κ3) is 4.97. The second-order valence-corrected chi connectivity index (χ2v) is 8.35. The van der Waals surface area contributed by atoms with E-state index in [0.29, 0.717) is 50.4 Å². The third-order valence-corrected chi connectivity index (χ3v) is 6.23. The van der Waals surface area contributed by atoms with Crippen molar-refractivity contribution in [1.29, 1.82) is 0 Å². The van der Waals surface area contributed by atoms with Crippen LogP contribution < -0.4 is 10.1 Å². The van der Waals surface area contributed by atoms with E-state index in [9.17, 15) is 18.3 Å². The molecule has 2 heterocycles. The summed E-state index contributed by atoms with van der Waals surface area (Å²) in [5.41, 5.74) is 0.169. The molecule has 3 aliphatic rings. The number of alkyl halides is 3. The standard InChI is InChI=1S/C20H27F3N2O3/c21-20(22,23)28-15-3-1-2-14(8-15)9-24-10-16-17-11-25(12-18(16)17)13-19(26)4-6-27-7-5-19/h1-3,8,16-18,24,26H,4-7,9-13H2. The molecule has 8 heteroatoms. The van der Waals surface area contributed by atoms with Gasteiger partial charge in [-0.05, 0) is 42.0 Å². The zero-order chi connectivity index (χ0) is 19.8. The summed E-state index contributed by atoms with van der Waals surface area (Å²) in [5, 5.41) is 14.0. The van der Waals surface area contributed by atoms with Gasteiger partial charge in [-0.15, -0.1) is 13.2 Å². The quantitative estimate of drug-likeness (QED) is 0.736. The lowest BCUT2D eigenvalue weighted by molar-refractivity contribution is -0.274. The fourth-order valence-electron chi connectivity index (χ4n) is 4.73. The predicted molar refractivity (Wildman–Crippen MR) is 96.7 cm³/mol. The number of halogens is 3. The van der Waals surface area contributed by atoms with Crippen LogP contribution in [0.1, 0.15) is 18.4 Å². The van der Waals surface area contributed by atoms with E-state index in [1.54, 1.807) is 12.1 Å². The van der Waals surface area contributed by atoms with Gasteiger partial charge in [0.2, 0.25) is 0 Å². The Kier molecular flexibility index (Phi) is 5.57. The Morgan fingerprint density at radius 2 is 1.93 bits per heavy atom. The van der Waals surface area contributed by atoms with Crippen molar-refractivity contribution in [2.24, 2.45) is 17.8 Å². The van der Waals surface area contributed by atoms with Crippen molar-refractivity contribution in [1.82, 2.24) is 10.2 Å². The topological polar surface area (TPSA) is 54.0 Å². The lowest BCUT2D eigenvalue weighted by Gasteiger charge is -2.36. The van der Waals surface area contributed by atoms with Crippen LogP contribution in [-0.4, -0.2) is 61.4 Å². The highest BCUT2D eigenvalue weighted by Gasteiger charge is 2.55. The largest absolute Gasteiger partial charge is 0.573 e. The molecule has 2 unspecified atom stereocenters. The summed E-state index contributed by atoms with van der Waals surface area (Å²) in [5.74, 6) is 1.76. The fraction of sp³-hybridized carbons (Fsp3) is 0.700. The molecule has 0 spiro atoms. The third-order valence-electron chi connectivity index (χ3n) is 6.23. The smallest absolute Gasteiger partial charge is 0.406 e. The number of benzene rings is 1. The van der Waals surface area contributed by atoms with Crippen LogP contribution in [0.5, 0.6) is 5.75 Å². The molecule has 2 saturated heterocycles. The van der Waals surface area contributed by atoms with Crippen molar-refractivity contribution in [2.75, 3.05) is 39.4 Å². The van der Waals surface area contributed by atoms with Gasteiger partial charge in [0, 0.05) is 52.2 Å². The number of likely N-dealkylation sites (tertiary alicyclic amines) is 1. The summed E-state index contributed by atoms with van der Waals surface area (Å²) in [6.45, 7) is 5.44. The number of nitrogens with zero attached hydrogens (tertiary/aromatic N) is 1. The first kappa shape index (κ1) is 19.9. The minimum Gasteiger partial charge on any atom is -0.406 e. The molecule has 0 bridgehead atoms. The van der Waals surface area contributed by atoms with Crippen LogP contribution in [-0.2, 0) is 11.3 Å². The highest BCUT2D eigenvalue weighted by molar-refractivity contribution is 5.28. The second-order valence-electron chi connectivity index (χ2n) is 8.35. The molecular weight excluding hydrogens is 373 g/mol. The van der Waals surface area contributed by atoms with Gasteiger partial charge in [0.1, 0.15) is 5.75 Å². The first-order valence-corrected chi connectivity index (χ1v) is 9.89. The summed E-state index contributed by atoms with van der Waals surface area (Å²) in [6.07, 6.45) is -3.25. The summed E-state index contributed by atoms with van der Waals surface area (Å²) in [6, 6.07) is 6.09. The molecule has 4 rings (SSSR count). The SMILES string of the molecule is OC1(CN2CC3C(CNCc4cccc(OC(F)(F)F)c4)C3C2)CCOCC1. The van der Waals surface area contributed by atoms with Crippen molar-refractivity contribution in [3.05, 3.63) is 29.8 Å². The molecule has 2 aliphatic heterocycles. The summed E-state index contributed by atoms with van der Waals surface area (Å²) in [4.78, 5) is 2.37. The van der Waals surface area contributed by atoms with Gasteiger partial charge in [0.15, 0.2) is 0 Å². The van der Waals surface area contributed by atoms with Crippen LogP contribution in [0.15, 0.2) is 24.3 Å². The first-order valence-electron chi connectivity index (χ1n) is 9.89. The average molecular weight is 400 g/mol. The zero-order valence-electron chi connectivity index (χ0n) is 15.8. The molecule has 28 heavy (non-hydrogen) atoms. The molecule has 3 fully saturated rings. The van der Waals surface area contributed by atoms with Crippen LogP contribution in [0.2, 0.25) is 0 Å². The molecule has 1 aromatic rings. The van der Waals surface area contributed by atoms with E-state index in [0.717, 1.165) is 31.7 Å². The molecule has 5 nitrogen and oxygen atoms in total. The summed E-state index contributed by atoms with van der Waals surface area (Å²) >= 11 is 0. The Morgan fingerprint density at radius 1 is 1.21 bits per heavy atom. The van der Waals surface area contributed by atoms with E-state index < -0.39 is 12.0 Å². The molecule has 156 valence electrons. The van der Waals surface area contributed by atoms with Gasteiger partial charge < -0.3 is 19.9 Å². The Labute approximate surface area is 162 Å². The van der Waals surface area contributed by atoms with E-state index in [1.165, 1.54) is 12.1 Å². The van der Waals surface area contributed by atoms with Crippen LogP contribution >= 0.6 is 0 Å². The molecule has 2 atom stereocenters. The lowest BCUT2D eigenvalue weighted by Crippen LogP contribution is -2.47. The maximum absolute atomic E-state index is 12.3. The van der Waals surface area contributed by atoms with E-state index in [-0.39, 0.29) is 5.75 Å². The molecule has 0 radical (unpaired) electrons. The number of hydrogen-bond donors (Lipinski definition) is 2. The first-order chi connectivity index (χ1) is 13.3. The molecule has 1 aliphatic carbocycles. The molecule has 0 aromatic heterocycles. The summed E-state index contributed by atoms with van der Waals surface area (Å²) in [7, 11) is 0. The normalized spacial score (nSPS) is 29.5. The highest BCUT2D eigenvalue weighted by Crippen LogP contribution is 2.51. The number of fused-ring (bicyclic) bond motifs is 1. The minimum atomic E-state index is -4.67. The Morgan fingerprint density at radius 3 is 2.61 bits per heavy atom. The second kappa shape index (κ2) is 7.82. The summed E-state index contributed by atoms with van der Waals surface area (Å²) < 4.78 is 46.2. The lowest BCUT2D eigenvalue weighted by atomic mass is 9.93. The van der Waals surface area contributed by atoms with E-state index in [4.69, 9.17) is 4.74 Å². The van der Waals surface area contributed by atoms with Crippen molar-refractivity contribution in [3.8, 4) is 5.75 Å². The zero-order valence-corrected chi connectivity index (χ0v) is 15.8. The fourth-order valence-corrected chi connectivity index (χ4v) is 4.73. The number of piperidine rings is 1. The molecule has 0 amide bonds. The van der Waals surface area contributed by atoms with Gasteiger partial charge in [0.25, 0.3) is 0 Å². The predicted octanol–water partition coefficient (Wildman–Crippen LogP) is 2.39. The van der Waals surface area contributed by atoms with Crippen molar-refractivity contribution in [3.63, 3.8) is 0 Å². The van der Waals surface area contributed by atoms with Crippen LogP contribution in [0.3, 0.4) is 0 Å². The number of nitrogens with one attached hydrogen (secondary N) is 1. The minimum absolute atomic E-state index is 0.184. The molecule has 1 saturated carbocycles. The number of aliphatic hydroxyl groups is 1. The van der Waals surface area contributed by atoms with Gasteiger partial charge in [-0.1, -0.05) is 12.1 Å². The molecular formula is C20H27F3N2O3. The van der Waals surface area contributed by atoms with Crippen molar-refractivity contribution < 1.29 is 27.8 Å². The van der Waals surface area contributed by atoms with Gasteiger partial charge in [-0.3, -0.25) is 4.90 Å². The maximum atomic E-state index is 12.3. The monoisotopic (exact) mass is 400 g/mol. The Balaban J connectivity index is 1.17.